The van der Waals surface area contributed by atoms with E-state index in [1.54, 1.807) is 13.0 Å². The molecule has 1 fully saturated rings. The normalized spacial score (nSPS) is 16.7. The van der Waals surface area contributed by atoms with Crippen molar-refractivity contribution in [2.24, 2.45) is 11.8 Å². The first-order valence-corrected chi connectivity index (χ1v) is 8.33. The van der Waals surface area contributed by atoms with Gasteiger partial charge in [-0.05, 0) is 49.4 Å². The Labute approximate surface area is 144 Å². The third-order valence-corrected chi connectivity index (χ3v) is 4.79. The quantitative estimate of drug-likeness (QED) is 0.774. The van der Waals surface area contributed by atoms with E-state index in [0.717, 1.165) is 10.9 Å². The monoisotopic (exact) mass is 348 g/mol. The lowest BCUT2D eigenvalue weighted by Crippen LogP contribution is -2.39. The lowest BCUT2D eigenvalue weighted by molar-refractivity contribution is -0.144. The average Bonchev–Trinajstić information content (AvgIpc) is 3.00. The molecular formula is C18H21FN2O4. The van der Waals surface area contributed by atoms with Crippen molar-refractivity contribution >= 4 is 22.8 Å². The molecule has 1 aromatic carbocycles. The van der Waals surface area contributed by atoms with Crippen LogP contribution in [0, 0.1) is 24.6 Å². The van der Waals surface area contributed by atoms with E-state index < -0.39 is 17.8 Å². The van der Waals surface area contributed by atoms with Gasteiger partial charge in [-0.2, -0.15) is 0 Å². The van der Waals surface area contributed by atoms with Gasteiger partial charge in [-0.1, -0.05) is 0 Å². The summed E-state index contributed by atoms with van der Waals surface area (Å²) in [5.41, 5.74) is 1.57. The molecule has 7 heteroatoms. The van der Waals surface area contributed by atoms with Gasteiger partial charge >= 0.3 is 5.97 Å². The number of benzene rings is 1. The summed E-state index contributed by atoms with van der Waals surface area (Å²) in [6, 6.07) is 4.40. The molecule has 1 aliphatic heterocycles. The number of amides is 1. The molecule has 1 amide bonds. The summed E-state index contributed by atoms with van der Waals surface area (Å²) in [5, 5.41) is 12.9. The van der Waals surface area contributed by atoms with Crippen LogP contribution in [-0.4, -0.2) is 41.7 Å². The van der Waals surface area contributed by atoms with E-state index in [0.29, 0.717) is 37.3 Å². The summed E-state index contributed by atoms with van der Waals surface area (Å²) >= 11 is 0. The number of carbonyl (C=O) groups is 2. The number of carboxylic acids is 1. The minimum absolute atomic E-state index is 0.00870. The van der Waals surface area contributed by atoms with Gasteiger partial charge < -0.3 is 20.1 Å². The molecule has 0 radical (unpaired) electrons. The SMILES string of the molecule is Cc1cc(F)cc2[nH]c(C(=O)NCC(C(=O)O)C3CCOCC3)cc12. The fraction of sp³-hybridized carbons (Fsp3) is 0.444. The zero-order valence-corrected chi connectivity index (χ0v) is 14.0. The maximum absolute atomic E-state index is 13.5. The van der Waals surface area contributed by atoms with E-state index in [9.17, 15) is 19.1 Å². The first-order valence-electron chi connectivity index (χ1n) is 8.33. The number of carbonyl (C=O) groups excluding carboxylic acids is 1. The van der Waals surface area contributed by atoms with Crippen LogP contribution in [0.2, 0.25) is 0 Å². The Morgan fingerprint density at radius 2 is 2.08 bits per heavy atom. The van der Waals surface area contributed by atoms with Crippen LogP contribution in [-0.2, 0) is 9.53 Å². The van der Waals surface area contributed by atoms with Crippen molar-refractivity contribution in [3.8, 4) is 0 Å². The molecule has 2 heterocycles. The molecule has 0 saturated carbocycles. The molecule has 1 unspecified atom stereocenters. The van der Waals surface area contributed by atoms with Gasteiger partial charge in [-0.25, -0.2) is 4.39 Å². The first kappa shape index (κ1) is 17.4. The van der Waals surface area contributed by atoms with Gasteiger partial charge in [0.05, 0.1) is 5.92 Å². The highest BCUT2D eigenvalue weighted by atomic mass is 19.1. The topological polar surface area (TPSA) is 91.4 Å². The second kappa shape index (κ2) is 7.23. The van der Waals surface area contributed by atoms with Crippen molar-refractivity contribution in [1.82, 2.24) is 10.3 Å². The number of aryl methyl sites for hydroxylation is 1. The van der Waals surface area contributed by atoms with E-state index in [4.69, 9.17) is 4.74 Å². The van der Waals surface area contributed by atoms with Crippen molar-refractivity contribution in [2.75, 3.05) is 19.8 Å². The number of aliphatic carboxylic acids is 1. The molecule has 2 aromatic rings. The highest BCUT2D eigenvalue weighted by molar-refractivity contribution is 5.99. The number of rotatable bonds is 5. The molecule has 25 heavy (non-hydrogen) atoms. The van der Waals surface area contributed by atoms with Crippen LogP contribution < -0.4 is 5.32 Å². The minimum Gasteiger partial charge on any atom is -0.481 e. The molecule has 1 aromatic heterocycles. The highest BCUT2D eigenvalue weighted by Crippen LogP contribution is 2.24. The van der Waals surface area contributed by atoms with Gasteiger partial charge in [0.1, 0.15) is 11.5 Å². The van der Waals surface area contributed by atoms with Gasteiger partial charge in [0.25, 0.3) is 5.91 Å². The highest BCUT2D eigenvalue weighted by Gasteiger charge is 2.30. The number of hydrogen-bond acceptors (Lipinski definition) is 3. The third kappa shape index (κ3) is 3.82. The van der Waals surface area contributed by atoms with Crippen molar-refractivity contribution in [3.05, 3.63) is 35.3 Å². The molecule has 0 aliphatic carbocycles. The molecule has 3 rings (SSSR count). The molecule has 1 atom stereocenters. The Balaban J connectivity index is 1.70. The Morgan fingerprint density at radius 3 is 2.76 bits per heavy atom. The summed E-state index contributed by atoms with van der Waals surface area (Å²) in [4.78, 5) is 26.8. The van der Waals surface area contributed by atoms with Crippen LogP contribution in [0.3, 0.4) is 0 Å². The molecule has 0 bridgehead atoms. The number of nitrogens with one attached hydrogen (secondary N) is 2. The third-order valence-electron chi connectivity index (χ3n) is 4.79. The van der Waals surface area contributed by atoms with Crippen molar-refractivity contribution in [1.29, 1.82) is 0 Å². The number of aromatic amines is 1. The van der Waals surface area contributed by atoms with Crippen LogP contribution >= 0.6 is 0 Å². The number of aromatic nitrogens is 1. The van der Waals surface area contributed by atoms with Gasteiger partial charge in [-0.3, -0.25) is 9.59 Å². The summed E-state index contributed by atoms with van der Waals surface area (Å²) in [7, 11) is 0. The van der Waals surface area contributed by atoms with Crippen LogP contribution in [0.1, 0.15) is 28.9 Å². The number of H-pyrrole nitrogens is 1. The predicted molar refractivity (Wildman–Crippen MR) is 90.0 cm³/mol. The second-order valence-corrected chi connectivity index (χ2v) is 6.47. The maximum Gasteiger partial charge on any atom is 0.308 e. The summed E-state index contributed by atoms with van der Waals surface area (Å²) in [6.45, 7) is 2.93. The summed E-state index contributed by atoms with van der Waals surface area (Å²) in [5.74, 6) is -2.33. The number of hydrogen-bond donors (Lipinski definition) is 3. The summed E-state index contributed by atoms with van der Waals surface area (Å²) in [6.07, 6.45) is 1.36. The number of ether oxygens (including phenoxy) is 1. The lowest BCUT2D eigenvalue weighted by atomic mass is 9.86. The molecule has 134 valence electrons. The molecule has 0 spiro atoms. The van der Waals surface area contributed by atoms with Crippen molar-refractivity contribution in [2.45, 2.75) is 19.8 Å². The van der Waals surface area contributed by atoms with Crippen molar-refractivity contribution < 1.29 is 23.8 Å². The Hall–Kier alpha value is -2.41. The van der Waals surface area contributed by atoms with E-state index in [2.05, 4.69) is 10.3 Å². The Morgan fingerprint density at radius 1 is 1.36 bits per heavy atom. The largest absolute Gasteiger partial charge is 0.481 e. The molecular weight excluding hydrogens is 327 g/mol. The Kier molecular flexibility index (Phi) is 5.03. The molecule has 6 nitrogen and oxygen atoms in total. The van der Waals surface area contributed by atoms with Crippen molar-refractivity contribution in [3.63, 3.8) is 0 Å². The second-order valence-electron chi connectivity index (χ2n) is 6.47. The summed E-state index contributed by atoms with van der Waals surface area (Å²) < 4.78 is 18.7. The number of halogens is 1. The van der Waals surface area contributed by atoms with Crippen LogP contribution in [0.25, 0.3) is 10.9 Å². The average molecular weight is 348 g/mol. The van der Waals surface area contributed by atoms with E-state index in [1.807, 2.05) is 0 Å². The first-order chi connectivity index (χ1) is 12.0. The maximum atomic E-state index is 13.5. The molecule has 3 N–H and O–H groups in total. The standard InChI is InChI=1S/C18H21FN2O4/c1-10-6-12(19)7-15-13(10)8-16(21-15)17(22)20-9-14(18(23)24)11-2-4-25-5-3-11/h6-8,11,14,21H,2-5,9H2,1H3,(H,20,22)(H,23,24). The predicted octanol–water partition coefficient (Wildman–Crippen LogP) is 2.47. The number of carboxylic acid groups (broad SMARTS) is 1. The molecule has 1 saturated heterocycles. The minimum atomic E-state index is -0.915. The molecule has 1 aliphatic rings. The van der Waals surface area contributed by atoms with Gasteiger partial charge in [0, 0.05) is 30.7 Å². The zero-order chi connectivity index (χ0) is 18.0. The van der Waals surface area contributed by atoms with Crippen LogP contribution in [0.4, 0.5) is 4.39 Å². The Bertz CT molecular complexity index is 796. The van der Waals surface area contributed by atoms with E-state index in [-0.39, 0.29) is 18.3 Å². The number of fused-ring (bicyclic) bond motifs is 1. The zero-order valence-electron chi connectivity index (χ0n) is 14.0. The van der Waals surface area contributed by atoms with E-state index >= 15 is 0 Å². The van der Waals surface area contributed by atoms with E-state index in [1.165, 1.54) is 12.1 Å². The fourth-order valence-corrected chi connectivity index (χ4v) is 3.37. The van der Waals surface area contributed by atoms with Crippen LogP contribution in [0.15, 0.2) is 18.2 Å². The van der Waals surface area contributed by atoms with Gasteiger partial charge in [0.15, 0.2) is 0 Å². The van der Waals surface area contributed by atoms with Gasteiger partial charge in [0.2, 0.25) is 0 Å². The lowest BCUT2D eigenvalue weighted by Gasteiger charge is -2.27. The fourth-order valence-electron chi connectivity index (χ4n) is 3.37. The van der Waals surface area contributed by atoms with Crippen LogP contribution in [0.5, 0.6) is 0 Å². The smallest absolute Gasteiger partial charge is 0.308 e. The van der Waals surface area contributed by atoms with Gasteiger partial charge in [-0.15, -0.1) is 0 Å².